The number of ether oxygens (including phenoxy) is 5. The molecule has 2 fully saturated rings. The molecule has 4 aromatic carbocycles. The van der Waals surface area contributed by atoms with Gasteiger partial charge in [0.05, 0.1) is 71.4 Å². The molecule has 25 nitrogen and oxygen atoms in total. The summed E-state index contributed by atoms with van der Waals surface area (Å²) in [5.74, 6) is 0.0937. The van der Waals surface area contributed by atoms with Crippen LogP contribution in [0.5, 0.6) is 11.5 Å². The van der Waals surface area contributed by atoms with Crippen LogP contribution in [-0.4, -0.2) is 109 Å². The van der Waals surface area contributed by atoms with Gasteiger partial charge in [-0.2, -0.15) is 14.8 Å². The number of nitrogens with one attached hydrogen (secondary N) is 4. The second-order valence-electron chi connectivity index (χ2n) is 20.4. The Balaban J connectivity index is 0.00000137. The zero-order valence-corrected chi connectivity index (χ0v) is 51.8. The monoisotopic (exact) mass is 1280 g/mol. The number of aromatic amines is 2. The van der Waals surface area contributed by atoms with E-state index in [2.05, 4.69) is 51.6 Å². The number of aromatic nitrogens is 9. The van der Waals surface area contributed by atoms with E-state index in [0.717, 1.165) is 16.7 Å². The second kappa shape index (κ2) is 29.4. The van der Waals surface area contributed by atoms with Crippen LogP contribution in [0, 0.1) is 17.2 Å². The third-order valence-corrected chi connectivity index (χ3v) is 17.4. The van der Waals surface area contributed by atoms with Crippen molar-refractivity contribution in [1.82, 2.24) is 39.0 Å². The Kier molecular flexibility index (Phi) is 21.1. The van der Waals surface area contributed by atoms with Crippen molar-refractivity contribution >= 4 is 83.9 Å². The van der Waals surface area contributed by atoms with Gasteiger partial charge in [0.2, 0.25) is 11.9 Å². The Labute approximate surface area is 521 Å². The van der Waals surface area contributed by atoms with Crippen molar-refractivity contribution in [2.75, 3.05) is 44.7 Å². The van der Waals surface area contributed by atoms with E-state index in [4.69, 9.17) is 65.8 Å². The van der Waals surface area contributed by atoms with Crippen LogP contribution in [0.15, 0.2) is 164 Å². The minimum atomic E-state index is -3.95. The molecular formula is C60H61N12O13P2S2+. The predicted octanol–water partition coefficient (Wildman–Crippen LogP) is 9.05. The van der Waals surface area contributed by atoms with Crippen LogP contribution in [0.3, 0.4) is 0 Å². The number of carbonyl (C=O) groups is 2. The van der Waals surface area contributed by atoms with E-state index in [1.54, 1.807) is 56.9 Å². The number of fused-ring (bicyclic) bond motifs is 2. The molecule has 89 heavy (non-hydrogen) atoms. The van der Waals surface area contributed by atoms with Crippen molar-refractivity contribution in [2.45, 2.75) is 75.6 Å². The number of carbonyl (C=O) groups excluding carboxylic acids is 2. The molecule has 0 saturated carbocycles. The summed E-state index contributed by atoms with van der Waals surface area (Å²) in [6.45, 7) is -1.18. The van der Waals surface area contributed by atoms with Gasteiger partial charge in [0, 0.05) is 36.5 Å². The van der Waals surface area contributed by atoms with Crippen LogP contribution in [-0.2, 0) is 71.3 Å². The van der Waals surface area contributed by atoms with Crippen molar-refractivity contribution in [2.24, 2.45) is 5.92 Å². The van der Waals surface area contributed by atoms with E-state index in [0.29, 0.717) is 22.7 Å². The summed E-state index contributed by atoms with van der Waals surface area (Å²) in [6, 6.07) is 41.4. The van der Waals surface area contributed by atoms with E-state index in [1.807, 2.05) is 116 Å². The SMILES string of the molecule is COc1ccc(C(OC[C@H]2O[C@@H](n3cnc4c(NC(=O)c5ccccc5)ncnc43)C[C@@H]2OP(=S)(OCCC#N)OC[C@@H]2C[C@@H](O[P+](=O)[S-])[C@H](n3cnc4c(=O)[nH]c(NC(=O)C(C)C)nc43)O2)(c2ccccc2)c2ccc(OC)cc2)cc1.c1cc[nH+]cc1. The standard InChI is InChI=1S/C55H55N11O13P2S2.C5H5N/c1-33(2)50(67)63-54-62-49-46(52(69)64-54)60-32-66(49)53-42(78-80(70)82)26-40(76-53)28-75-81(83,74-25-11-24-56)79-41-27-44(65-31-59-45-47(57-30-58-48(45)65)61-51(68)34-12-7-5-8-13-34)77-43(41)29-73-55(35-14-9-6-10-15-35,36-16-20-38(71-3)21-17-36)37-18-22-39(72-4)23-19-37;1-2-4-6-5-3-1/h5-10,12-23,30-33,40-44,53H,11,25-29H2,1-4H3,(H,57,58,61,68)(H2,62,63,64,67,69);1-5H/p+1/t40-,41-,42+,43+,44+,53+,81?;/m0./s1. The molecule has 8 atom stereocenters. The number of imidazole rings is 2. The Morgan fingerprint density at radius 2 is 1.45 bits per heavy atom. The average Bonchev–Trinajstić information content (AvgIpc) is 1.84. The minimum Gasteiger partial charge on any atom is -0.497 e. The number of hydrogen-bond donors (Lipinski definition) is 3. The highest BCUT2D eigenvalue weighted by Gasteiger charge is 2.47. The summed E-state index contributed by atoms with van der Waals surface area (Å²) in [5, 5.41) is 15.1. The molecule has 9 aromatic rings. The molecule has 2 aliphatic heterocycles. The third kappa shape index (κ3) is 15.1. The first-order valence-electron chi connectivity index (χ1n) is 28.0. The lowest BCUT2D eigenvalue weighted by Gasteiger charge is -2.37. The molecule has 0 aliphatic carbocycles. The molecule has 0 spiro atoms. The first kappa shape index (κ1) is 63.8. The molecule has 11 rings (SSSR count). The summed E-state index contributed by atoms with van der Waals surface area (Å²) in [5.41, 5.74) is 1.34. The highest BCUT2D eigenvalue weighted by Crippen LogP contribution is 2.55. The maximum absolute atomic E-state index is 13.4. The van der Waals surface area contributed by atoms with Gasteiger partial charge in [-0.05, 0) is 64.9 Å². The normalized spacial score (nSPS) is 19.0. The first-order chi connectivity index (χ1) is 43.2. The van der Waals surface area contributed by atoms with Gasteiger partial charge in [0.1, 0.15) is 35.8 Å². The largest absolute Gasteiger partial charge is 0.497 e. The molecule has 7 heterocycles. The molecule has 2 aliphatic rings. The van der Waals surface area contributed by atoms with Crippen molar-refractivity contribution in [3.63, 3.8) is 0 Å². The predicted molar refractivity (Wildman–Crippen MR) is 331 cm³/mol. The molecule has 4 N–H and O–H groups in total. The van der Waals surface area contributed by atoms with Gasteiger partial charge in [0.15, 0.2) is 52.9 Å². The number of methoxy groups -OCH3 is 2. The Hall–Kier alpha value is -8.22. The number of anilines is 2. The van der Waals surface area contributed by atoms with Crippen LogP contribution < -0.4 is 30.7 Å². The summed E-state index contributed by atoms with van der Waals surface area (Å²) >= 11 is 11.2. The molecule has 2 unspecified atom stereocenters. The molecular weight excluding hydrogens is 1220 g/mol. The van der Waals surface area contributed by atoms with Gasteiger partial charge < -0.3 is 54.8 Å². The lowest BCUT2D eigenvalue weighted by molar-refractivity contribution is -0.378. The van der Waals surface area contributed by atoms with E-state index in [-0.39, 0.29) is 67.5 Å². The second-order valence-corrected chi connectivity index (χ2v) is 24.9. The average molecular weight is 1280 g/mol. The summed E-state index contributed by atoms with van der Waals surface area (Å²) in [7, 11) is 0.578. The quantitative estimate of drug-likeness (QED) is 0.0220. The van der Waals surface area contributed by atoms with Crippen LogP contribution >= 0.6 is 13.9 Å². The molecule has 2 amide bonds. The number of rotatable bonds is 24. The Morgan fingerprint density at radius 1 is 0.809 bits per heavy atom. The van der Waals surface area contributed by atoms with Crippen LogP contribution in [0.25, 0.3) is 22.3 Å². The van der Waals surface area contributed by atoms with Gasteiger partial charge in [-0.15, -0.1) is 0 Å². The van der Waals surface area contributed by atoms with Crippen molar-refractivity contribution in [3.05, 3.63) is 191 Å². The number of nitriles is 1. The van der Waals surface area contributed by atoms with Crippen LogP contribution in [0.2, 0.25) is 0 Å². The number of pyridine rings is 1. The maximum atomic E-state index is 13.4. The lowest BCUT2D eigenvalue weighted by Crippen LogP contribution is -2.38. The van der Waals surface area contributed by atoms with E-state index in [1.165, 1.54) is 23.5 Å². The summed E-state index contributed by atoms with van der Waals surface area (Å²) in [6.07, 6.45) is 2.24. The lowest BCUT2D eigenvalue weighted by atomic mass is 9.80. The molecule has 5 aromatic heterocycles. The number of amides is 2. The summed E-state index contributed by atoms with van der Waals surface area (Å²) in [4.78, 5) is 66.8. The molecule has 0 radical (unpaired) electrons. The third-order valence-electron chi connectivity index (χ3n) is 14.3. The minimum absolute atomic E-state index is 0.0328. The molecule has 460 valence electrons. The van der Waals surface area contributed by atoms with Crippen molar-refractivity contribution in [3.8, 4) is 17.6 Å². The fourth-order valence-corrected chi connectivity index (χ4v) is 12.9. The highest BCUT2D eigenvalue weighted by molar-refractivity contribution is 8.25. The first-order valence-corrected chi connectivity index (χ1v) is 32.7. The van der Waals surface area contributed by atoms with Gasteiger partial charge in [-0.3, -0.25) is 33.8 Å². The van der Waals surface area contributed by atoms with E-state index < -0.39 is 79.7 Å². The highest BCUT2D eigenvalue weighted by atomic mass is 32.7. The number of benzene rings is 4. The molecule has 29 heteroatoms. The van der Waals surface area contributed by atoms with Gasteiger partial charge in [-0.25, -0.2) is 24.9 Å². The zero-order chi connectivity index (χ0) is 62.5. The Bertz CT molecular complexity index is 3960. The summed E-state index contributed by atoms with van der Waals surface area (Å²) < 4.78 is 73.1. The molecule has 0 bridgehead atoms. The Morgan fingerprint density at radius 3 is 2.07 bits per heavy atom. The van der Waals surface area contributed by atoms with Gasteiger partial charge in [-0.1, -0.05) is 97.3 Å². The van der Waals surface area contributed by atoms with Crippen LogP contribution in [0.1, 0.15) is 72.6 Å². The fraction of sp³-hybridized carbons (Fsp3) is 0.300. The number of H-pyrrole nitrogens is 2. The fourth-order valence-electron chi connectivity index (χ4n) is 10.0. The number of nitrogens with zero attached hydrogens (tertiary/aromatic N) is 8. The zero-order valence-electron chi connectivity index (χ0n) is 48.4. The molecule has 2 saturated heterocycles. The maximum Gasteiger partial charge on any atom is 0.372 e. The smallest absolute Gasteiger partial charge is 0.372 e. The van der Waals surface area contributed by atoms with Gasteiger partial charge >= 0.3 is 13.9 Å². The topological polar surface area (TPSA) is 303 Å². The van der Waals surface area contributed by atoms with Crippen molar-refractivity contribution in [1.29, 1.82) is 5.26 Å². The number of hydrogen-bond acceptors (Lipinski definition) is 21. The van der Waals surface area contributed by atoms with E-state index >= 15 is 0 Å². The van der Waals surface area contributed by atoms with Crippen molar-refractivity contribution < 1.29 is 60.9 Å². The van der Waals surface area contributed by atoms with Gasteiger partial charge in [0.25, 0.3) is 11.5 Å². The van der Waals surface area contributed by atoms with E-state index in [9.17, 15) is 24.2 Å². The van der Waals surface area contributed by atoms with Crippen LogP contribution in [0.4, 0.5) is 11.8 Å².